The number of aromatic amines is 1. The average Bonchev–Trinajstić information content (AvgIpc) is 2.67. The zero-order valence-electron chi connectivity index (χ0n) is 11.1. The number of carbonyl (C=O) groups is 1. The first-order valence-electron chi connectivity index (χ1n) is 6.34. The SMILES string of the molecule is CO[C@H]1CNCC[C@H]1CC(=O)c1[nH]c(C)c(Br)c1Cl. The predicted molar refractivity (Wildman–Crippen MR) is 79.0 cm³/mol. The standard InChI is InChI=1S/C13H18BrClN2O2/c1-7-11(14)12(15)13(17-7)9(18)5-8-3-4-16-6-10(8)19-2/h8,10,16-17H,3-6H2,1-2H3/t8-,10-/m0/s1. The lowest BCUT2D eigenvalue weighted by molar-refractivity contribution is 0.0300. The van der Waals surface area contributed by atoms with Crippen molar-refractivity contribution in [1.82, 2.24) is 10.3 Å². The van der Waals surface area contributed by atoms with Crippen LogP contribution in [0.1, 0.15) is 29.0 Å². The summed E-state index contributed by atoms with van der Waals surface area (Å²) in [6.45, 7) is 3.61. The number of aryl methyl sites for hydroxylation is 1. The first-order valence-corrected chi connectivity index (χ1v) is 7.52. The van der Waals surface area contributed by atoms with E-state index >= 15 is 0 Å². The van der Waals surface area contributed by atoms with E-state index in [4.69, 9.17) is 16.3 Å². The van der Waals surface area contributed by atoms with Crippen molar-refractivity contribution in [3.05, 3.63) is 20.9 Å². The Hall–Kier alpha value is -0.360. The fourth-order valence-corrected chi connectivity index (χ4v) is 3.09. The zero-order valence-corrected chi connectivity index (χ0v) is 13.4. The van der Waals surface area contributed by atoms with Crippen LogP contribution in [0.25, 0.3) is 0 Å². The average molecular weight is 350 g/mol. The fourth-order valence-electron chi connectivity index (χ4n) is 2.50. The topological polar surface area (TPSA) is 54.1 Å². The van der Waals surface area contributed by atoms with E-state index in [1.165, 1.54) is 0 Å². The monoisotopic (exact) mass is 348 g/mol. The number of nitrogens with one attached hydrogen (secondary N) is 2. The van der Waals surface area contributed by atoms with Gasteiger partial charge in [-0.3, -0.25) is 4.79 Å². The van der Waals surface area contributed by atoms with Gasteiger partial charge in [-0.1, -0.05) is 11.6 Å². The summed E-state index contributed by atoms with van der Waals surface area (Å²) in [6.07, 6.45) is 1.51. The van der Waals surface area contributed by atoms with Gasteiger partial charge < -0.3 is 15.0 Å². The number of hydrogen-bond acceptors (Lipinski definition) is 3. The first kappa shape index (κ1) is 15.0. The molecule has 2 atom stereocenters. The van der Waals surface area contributed by atoms with Crippen LogP contribution in [0.2, 0.25) is 5.02 Å². The van der Waals surface area contributed by atoms with Crippen molar-refractivity contribution in [2.45, 2.75) is 25.9 Å². The highest BCUT2D eigenvalue weighted by Gasteiger charge is 2.28. The third kappa shape index (κ3) is 3.21. The van der Waals surface area contributed by atoms with Gasteiger partial charge in [0, 0.05) is 25.8 Å². The molecule has 1 aromatic rings. The maximum absolute atomic E-state index is 12.3. The van der Waals surface area contributed by atoms with Crippen LogP contribution in [0.4, 0.5) is 0 Å². The van der Waals surface area contributed by atoms with Crippen LogP contribution in [0, 0.1) is 12.8 Å². The molecule has 0 aliphatic carbocycles. The Morgan fingerprint density at radius 1 is 1.58 bits per heavy atom. The number of carbonyl (C=O) groups excluding carboxylic acids is 1. The van der Waals surface area contributed by atoms with E-state index in [-0.39, 0.29) is 17.8 Å². The Morgan fingerprint density at radius 2 is 2.32 bits per heavy atom. The second-order valence-corrected chi connectivity index (χ2v) is 6.08. The summed E-state index contributed by atoms with van der Waals surface area (Å²) in [7, 11) is 1.69. The normalized spacial score (nSPS) is 23.6. The molecule has 1 aromatic heterocycles. The molecular formula is C13H18BrClN2O2. The Balaban J connectivity index is 2.09. The van der Waals surface area contributed by atoms with Gasteiger partial charge in [-0.15, -0.1) is 0 Å². The van der Waals surface area contributed by atoms with Crippen molar-refractivity contribution in [2.24, 2.45) is 5.92 Å². The van der Waals surface area contributed by atoms with Crippen molar-refractivity contribution in [3.63, 3.8) is 0 Å². The smallest absolute Gasteiger partial charge is 0.180 e. The molecule has 2 rings (SSSR count). The minimum atomic E-state index is 0.0488. The van der Waals surface area contributed by atoms with Crippen LogP contribution in [0.3, 0.4) is 0 Å². The minimum absolute atomic E-state index is 0.0488. The molecule has 2 N–H and O–H groups in total. The number of Topliss-reactive ketones (excluding diaryl/α,β-unsaturated/α-hetero) is 1. The number of aromatic nitrogens is 1. The number of methoxy groups -OCH3 is 1. The molecule has 0 amide bonds. The maximum atomic E-state index is 12.3. The number of rotatable bonds is 4. The Kier molecular flexibility index (Phi) is 5.06. The second-order valence-electron chi connectivity index (χ2n) is 4.91. The molecule has 6 heteroatoms. The van der Waals surface area contributed by atoms with E-state index in [1.54, 1.807) is 7.11 Å². The highest BCUT2D eigenvalue weighted by molar-refractivity contribution is 9.10. The number of ether oxygens (including phenoxy) is 1. The highest BCUT2D eigenvalue weighted by atomic mass is 79.9. The van der Waals surface area contributed by atoms with Gasteiger partial charge in [0.15, 0.2) is 5.78 Å². The second kappa shape index (κ2) is 6.39. The fraction of sp³-hybridized carbons (Fsp3) is 0.615. The molecule has 1 saturated heterocycles. The molecule has 0 unspecified atom stereocenters. The van der Waals surface area contributed by atoms with Gasteiger partial charge in [0.25, 0.3) is 0 Å². The van der Waals surface area contributed by atoms with Crippen LogP contribution in [0.5, 0.6) is 0 Å². The van der Waals surface area contributed by atoms with Crippen LogP contribution in [-0.2, 0) is 4.74 Å². The lowest BCUT2D eigenvalue weighted by Gasteiger charge is -2.30. The van der Waals surface area contributed by atoms with Gasteiger partial charge in [-0.2, -0.15) is 0 Å². The maximum Gasteiger partial charge on any atom is 0.180 e. The number of ketones is 1. The summed E-state index contributed by atoms with van der Waals surface area (Å²) < 4.78 is 6.20. The van der Waals surface area contributed by atoms with Crippen molar-refractivity contribution in [2.75, 3.05) is 20.2 Å². The van der Waals surface area contributed by atoms with Crippen molar-refractivity contribution < 1.29 is 9.53 Å². The lowest BCUT2D eigenvalue weighted by Crippen LogP contribution is -2.42. The predicted octanol–water partition coefficient (Wildman–Crippen LogP) is 2.94. The summed E-state index contributed by atoms with van der Waals surface area (Å²) in [6, 6.07) is 0. The number of hydrogen-bond donors (Lipinski definition) is 2. The number of H-pyrrole nitrogens is 1. The van der Waals surface area contributed by atoms with E-state index in [1.807, 2.05) is 6.92 Å². The summed E-state index contributed by atoms with van der Waals surface area (Å²) >= 11 is 9.52. The van der Waals surface area contributed by atoms with Crippen LogP contribution in [-0.4, -0.2) is 37.1 Å². The molecule has 0 aromatic carbocycles. The van der Waals surface area contributed by atoms with Crippen molar-refractivity contribution in [1.29, 1.82) is 0 Å². The summed E-state index contributed by atoms with van der Waals surface area (Å²) in [5, 5.41) is 3.75. The van der Waals surface area contributed by atoms with Crippen molar-refractivity contribution in [3.8, 4) is 0 Å². The summed E-state index contributed by atoms with van der Waals surface area (Å²) in [5.74, 6) is 0.296. The van der Waals surface area contributed by atoms with E-state index < -0.39 is 0 Å². The molecule has 0 radical (unpaired) electrons. The van der Waals surface area contributed by atoms with E-state index in [0.29, 0.717) is 17.1 Å². The van der Waals surface area contributed by atoms with E-state index in [2.05, 4.69) is 26.2 Å². The zero-order chi connectivity index (χ0) is 14.0. The van der Waals surface area contributed by atoms with E-state index in [9.17, 15) is 4.79 Å². The first-order chi connectivity index (χ1) is 9.04. The van der Waals surface area contributed by atoms with Gasteiger partial charge in [0.1, 0.15) is 5.69 Å². The molecule has 1 aliphatic rings. The molecule has 0 saturated carbocycles. The number of halogens is 2. The molecule has 106 valence electrons. The molecule has 4 nitrogen and oxygen atoms in total. The van der Waals surface area contributed by atoms with Gasteiger partial charge in [0.05, 0.1) is 15.6 Å². The molecule has 2 heterocycles. The highest BCUT2D eigenvalue weighted by Crippen LogP contribution is 2.31. The van der Waals surface area contributed by atoms with Gasteiger partial charge in [-0.05, 0) is 41.7 Å². The molecular weight excluding hydrogens is 332 g/mol. The van der Waals surface area contributed by atoms with Crippen LogP contribution in [0.15, 0.2) is 4.47 Å². The van der Waals surface area contributed by atoms with Crippen molar-refractivity contribution >= 4 is 33.3 Å². The summed E-state index contributed by atoms with van der Waals surface area (Å²) in [5.41, 5.74) is 1.38. The third-order valence-electron chi connectivity index (χ3n) is 3.65. The Labute approximate surface area is 126 Å². The minimum Gasteiger partial charge on any atom is -0.380 e. The largest absolute Gasteiger partial charge is 0.380 e. The molecule has 19 heavy (non-hydrogen) atoms. The molecule has 1 aliphatic heterocycles. The molecule has 1 fully saturated rings. The molecule has 0 bridgehead atoms. The van der Waals surface area contributed by atoms with Crippen LogP contribution >= 0.6 is 27.5 Å². The Morgan fingerprint density at radius 3 is 2.89 bits per heavy atom. The lowest BCUT2D eigenvalue weighted by atomic mass is 9.89. The Bertz CT molecular complexity index is 475. The van der Waals surface area contributed by atoms with Crippen LogP contribution < -0.4 is 5.32 Å². The van der Waals surface area contributed by atoms with Gasteiger partial charge >= 0.3 is 0 Å². The number of piperidine rings is 1. The summed E-state index contributed by atoms with van der Waals surface area (Å²) in [4.78, 5) is 15.4. The molecule has 0 spiro atoms. The third-order valence-corrected chi connectivity index (χ3v) is 5.24. The van der Waals surface area contributed by atoms with Gasteiger partial charge in [-0.25, -0.2) is 0 Å². The van der Waals surface area contributed by atoms with E-state index in [0.717, 1.165) is 29.7 Å². The van der Waals surface area contributed by atoms with Gasteiger partial charge in [0.2, 0.25) is 0 Å². The quantitative estimate of drug-likeness (QED) is 0.822.